The van der Waals surface area contributed by atoms with E-state index in [2.05, 4.69) is 10.2 Å². The van der Waals surface area contributed by atoms with Gasteiger partial charge in [0.2, 0.25) is 10.0 Å². The Bertz CT molecular complexity index is 715. The number of nitrogens with one attached hydrogen (secondary N) is 1. The highest BCUT2D eigenvalue weighted by Gasteiger charge is 2.40. The van der Waals surface area contributed by atoms with E-state index in [9.17, 15) is 8.42 Å². The molecule has 0 amide bonds. The number of nitrogen functional groups attached to an aromatic ring is 1. The normalized spacial score (nSPS) is 15.9. The van der Waals surface area contributed by atoms with Crippen molar-refractivity contribution >= 4 is 15.8 Å². The number of H-pyrrole nitrogens is 1. The van der Waals surface area contributed by atoms with Gasteiger partial charge >= 0.3 is 0 Å². The average Bonchev–Trinajstić information content (AvgIpc) is 2.99. The Labute approximate surface area is 116 Å². The fraction of sp³-hybridized carbons (Fsp3) is 0.417. The third-order valence-corrected chi connectivity index (χ3v) is 5.21. The summed E-state index contributed by atoms with van der Waals surface area (Å²) < 4.78 is 32.2. The Morgan fingerprint density at radius 1 is 1.50 bits per heavy atom. The lowest BCUT2D eigenvalue weighted by molar-refractivity contribution is 0.352. The van der Waals surface area contributed by atoms with Gasteiger partial charge in [-0.25, -0.2) is 8.42 Å². The summed E-state index contributed by atoms with van der Waals surface area (Å²) in [6, 6.07) is 3.62. The van der Waals surface area contributed by atoms with E-state index in [4.69, 9.17) is 10.2 Å². The number of aryl methyl sites for hydroxylation is 1. The van der Waals surface area contributed by atoms with Gasteiger partial charge in [0.15, 0.2) is 0 Å². The predicted octanol–water partition coefficient (Wildman–Crippen LogP) is 1.25. The predicted molar refractivity (Wildman–Crippen MR) is 72.2 cm³/mol. The van der Waals surface area contributed by atoms with Crippen LogP contribution in [-0.4, -0.2) is 29.0 Å². The van der Waals surface area contributed by atoms with E-state index in [1.165, 1.54) is 10.5 Å². The van der Waals surface area contributed by atoms with Crippen LogP contribution in [-0.2, 0) is 16.6 Å². The number of aromatic amines is 1. The Morgan fingerprint density at radius 2 is 2.25 bits per heavy atom. The van der Waals surface area contributed by atoms with Gasteiger partial charge in [-0.15, -0.1) is 0 Å². The average molecular weight is 296 g/mol. The van der Waals surface area contributed by atoms with Crippen molar-refractivity contribution in [3.63, 3.8) is 0 Å². The molecule has 1 aliphatic carbocycles. The molecular weight excluding hydrogens is 280 g/mol. The molecule has 108 valence electrons. The number of nitrogens with zero attached hydrogens (tertiary/aromatic N) is 2. The van der Waals surface area contributed by atoms with Gasteiger partial charge in [0.05, 0.1) is 12.7 Å². The summed E-state index contributed by atoms with van der Waals surface area (Å²) >= 11 is 0. The summed E-state index contributed by atoms with van der Waals surface area (Å²) in [7, 11) is -3.66. The number of anilines is 1. The molecule has 8 heteroatoms. The van der Waals surface area contributed by atoms with Gasteiger partial charge in [0.25, 0.3) is 0 Å². The third kappa shape index (κ3) is 2.32. The molecule has 0 aromatic carbocycles. The highest BCUT2D eigenvalue weighted by molar-refractivity contribution is 7.89. The van der Waals surface area contributed by atoms with Crippen molar-refractivity contribution < 1.29 is 12.8 Å². The van der Waals surface area contributed by atoms with Gasteiger partial charge in [0, 0.05) is 6.04 Å². The Hall–Kier alpha value is -1.80. The molecule has 2 aromatic rings. The van der Waals surface area contributed by atoms with E-state index in [0.717, 1.165) is 18.6 Å². The number of hydrogen-bond acceptors (Lipinski definition) is 5. The van der Waals surface area contributed by atoms with E-state index >= 15 is 0 Å². The van der Waals surface area contributed by atoms with Gasteiger partial charge in [-0.3, -0.25) is 5.10 Å². The minimum atomic E-state index is -3.66. The van der Waals surface area contributed by atoms with Crippen LogP contribution in [0.5, 0.6) is 0 Å². The summed E-state index contributed by atoms with van der Waals surface area (Å²) in [5, 5.41) is 6.14. The number of sulfonamides is 1. The lowest BCUT2D eigenvalue weighted by atomic mass is 10.4. The number of nitrogens with two attached hydrogens (primary N) is 1. The second-order valence-corrected chi connectivity index (χ2v) is 6.80. The first-order valence-electron chi connectivity index (χ1n) is 6.34. The fourth-order valence-electron chi connectivity index (χ4n) is 2.11. The number of rotatable bonds is 5. The zero-order chi connectivity index (χ0) is 14.3. The topological polar surface area (TPSA) is 105 Å². The first-order chi connectivity index (χ1) is 9.48. The van der Waals surface area contributed by atoms with Crippen molar-refractivity contribution in [1.82, 2.24) is 14.5 Å². The Morgan fingerprint density at radius 3 is 2.75 bits per heavy atom. The van der Waals surface area contributed by atoms with Crippen LogP contribution in [0.25, 0.3) is 0 Å². The molecular formula is C12H16N4O3S. The van der Waals surface area contributed by atoms with E-state index in [0.29, 0.717) is 5.76 Å². The lowest BCUT2D eigenvalue weighted by Crippen LogP contribution is -2.32. The first kappa shape index (κ1) is 13.2. The minimum absolute atomic E-state index is 0.0136. The van der Waals surface area contributed by atoms with Crippen LogP contribution in [0.4, 0.5) is 5.82 Å². The molecule has 0 bridgehead atoms. The van der Waals surface area contributed by atoms with Gasteiger partial charge in [-0.1, -0.05) is 0 Å². The molecule has 2 heterocycles. The Balaban J connectivity index is 1.93. The molecule has 1 fully saturated rings. The molecule has 1 aliphatic rings. The SMILES string of the molecule is Cc1ccc(CN(C2CC2)S(=O)(=O)c2cn[nH]c2N)o1. The molecule has 3 N–H and O–H groups in total. The molecule has 1 saturated carbocycles. The number of hydrogen-bond donors (Lipinski definition) is 2. The maximum atomic E-state index is 12.7. The van der Waals surface area contributed by atoms with E-state index < -0.39 is 10.0 Å². The lowest BCUT2D eigenvalue weighted by Gasteiger charge is -2.20. The summed E-state index contributed by atoms with van der Waals surface area (Å²) in [4.78, 5) is 0.0210. The molecule has 0 saturated heterocycles. The van der Waals surface area contributed by atoms with Gasteiger partial charge in [0.1, 0.15) is 22.2 Å². The standard InChI is InChI=1S/C12H16N4O3S/c1-8-2-5-10(19-8)7-16(9-3-4-9)20(17,18)11-6-14-15-12(11)13/h2,5-6,9H,3-4,7H2,1H3,(H3,13,14,15). The van der Waals surface area contributed by atoms with Crippen molar-refractivity contribution in [2.75, 3.05) is 5.73 Å². The van der Waals surface area contributed by atoms with Crippen LogP contribution in [0.3, 0.4) is 0 Å². The summed E-state index contributed by atoms with van der Waals surface area (Å²) in [5.74, 6) is 1.45. The second kappa shape index (κ2) is 4.64. The Kier molecular flexibility index (Phi) is 3.06. The molecule has 7 nitrogen and oxygen atoms in total. The maximum Gasteiger partial charge on any atom is 0.248 e. The largest absolute Gasteiger partial charge is 0.465 e. The summed E-state index contributed by atoms with van der Waals surface area (Å²) in [6.45, 7) is 2.04. The molecule has 0 radical (unpaired) electrons. The molecule has 0 unspecified atom stereocenters. The highest BCUT2D eigenvalue weighted by Crippen LogP contribution is 2.34. The zero-order valence-electron chi connectivity index (χ0n) is 11.0. The quantitative estimate of drug-likeness (QED) is 0.863. The second-order valence-electron chi connectivity index (χ2n) is 4.94. The number of furan rings is 1. The molecule has 0 atom stereocenters. The molecule has 3 rings (SSSR count). The van der Waals surface area contributed by atoms with E-state index in [1.807, 2.05) is 13.0 Å². The van der Waals surface area contributed by atoms with Crippen molar-refractivity contribution in [3.05, 3.63) is 29.9 Å². The van der Waals surface area contributed by atoms with Crippen LogP contribution in [0.1, 0.15) is 24.4 Å². The van der Waals surface area contributed by atoms with Crippen LogP contribution in [0, 0.1) is 6.92 Å². The first-order valence-corrected chi connectivity index (χ1v) is 7.78. The van der Waals surface area contributed by atoms with Crippen LogP contribution >= 0.6 is 0 Å². The highest BCUT2D eigenvalue weighted by atomic mass is 32.2. The van der Waals surface area contributed by atoms with Gasteiger partial charge < -0.3 is 10.2 Å². The summed E-state index contributed by atoms with van der Waals surface area (Å²) in [5.41, 5.74) is 5.64. The molecule has 2 aromatic heterocycles. The van der Waals surface area contributed by atoms with E-state index in [1.54, 1.807) is 6.07 Å². The van der Waals surface area contributed by atoms with Crippen LogP contribution in [0.2, 0.25) is 0 Å². The monoisotopic (exact) mass is 296 g/mol. The van der Waals surface area contributed by atoms with Gasteiger partial charge in [-0.05, 0) is 31.9 Å². The molecule has 0 aliphatic heterocycles. The molecule has 20 heavy (non-hydrogen) atoms. The third-order valence-electron chi connectivity index (χ3n) is 3.28. The van der Waals surface area contributed by atoms with Crippen molar-refractivity contribution in [3.8, 4) is 0 Å². The fourth-order valence-corrected chi connectivity index (χ4v) is 3.78. The van der Waals surface area contributed by atoms with E-state index in [-0.39, 0.29) is 23.3 Å². The van der Waals surface area contributed by atoms with Crippen LogP contribution < -0.4 is 5.73 Å². The summed E-state index contributed by atoms with van der Waals surface area (Å²) in [6.07, 6.45) is 2.96. The van der Waals surface area contributed by atoms with Crippen molar-refractivity contribution in [2.45, 2.75) is 37.2 Å². The minimum Gasteiger partial charge on any atom is -0.465 e. The van der Waals surface area contributed by atoms with Crippen molar-refractivity contribution in [1.29, 1.82) is 0 Å². The number of aromatic nitrogens is 2. The molecule has 0 spiro atoms. The zero-order valence-corrected chi connectivity index (χ0v) is 11.9. The smallest absolute Gasteiger partial charge is 0.248 e. The van der Waals surface area contributed by atoms with Crippen LogP contribution in [0.15, 0.2) is 27.6 Å². The van der Waals surface area contributed by atoms with Gasteiger partial charge in [-0.2, -0.15) is 9.40 Å². The van der Waals surface area contributed by atoms with Crippen molar-refractivity contribution in [2.24, 2.45) is 0 Å². The maximum absolute atomic E-state index is 12.7.